The number of hydrogen-bond donors (Lipinski definition) is 0. The maximum atomic E-state index is 2.40. The van der Waals surface area contributed by atoms with Gasteiger partial charge in [-0.05, 0) is 114 Å². The van der Waals surface area contributed by atoms with Gasteiger partial charge >= 0.3 is 0 Å². The van der Waals surface area contributed by atoms with Gasteiger partial charge in [0.25, 0.3) is 0 Å². The minimum absolute atomic E-state index is 1.10. The zero-order chi connectivity index (χ0) is 37.9. The van der Waals surface area contributed by atoms with Crippen LogP contribution in [0.4, 0.5) is 17.1 Å². The number of rotatable bonds is 6. The highest BCUT2D eigenvalue weighted by Crippen LogP contribution is 2.45. The number of para-hydroxylation sites is 1. The van der Waals surface area contributed by atoms with Crippen molar-refractivity contribution in [1.29, 1.82) is 0 Å². The molecule has 0 aliphatic carbocycles. The van der Waals surface area contributed by atoms with Crippen LogP contribution in [0.5, 0.6) is 0 Å². The molecule has 1 heterocycles. The second-order valence-corrected chi connectivity index (χ2v) is 14.9. The van der Waals surface area contributed by atoms with Crippen molar-refractivity contribution in [1.82, 2.24) is 4.57 Å². The summed E-state index contributed by atoms with van der Waals surface area (Å²) < 4.78 is 2.30. The maximum Gasteiger partial charge on any atom is 0.0490 e. The molecule has 0 spiro atoms. The van der Waals surface area contributed by atoms with Crippen molar-refractivity contribution in [2.24, 2.45) is 7.05 Å². The number of fused-ring (bicyclic) bond motifs is 6. The molecule has 0 aliphatic rings. The summed E-state index contributed by atoms with van der Waals surface area (Å²) in [5.41, 5.74) is 13.2. The van der Waals surface area contributed by atoms with Crippen LogP contribution in [0.2, 0.25) is 0 Å². The first-order chi connectivity index (χ1) is 28.2. The molecular weight excluding hydrogens is 689 g/mol. The molecule has 0 fully saturated rings. The first-order valence-electron chi connectivity index (χ1n) is 19.7. The summed E-state index contributed by atoms with van der Waals surface area (Å²) in [7, 11) is 2.16. The Bertz CT molecular complexity index is 3220. The van der Waals surface area contributed by atoms with Crippen LogP contribution in [-0.4, -0.2) is 4.57 Å². The Morgan fingerprint density at radius 1 is 0.316 bits per heavy atom. The van der Waals surface area contributed by atoms with Crippen molar-refractivity contribution in [3.63, 3.8) is 0 Å². The van der Waals surface area contributed by atoms with Crippen LogP contribution in [-0.2, 0) is 7.05 Å². The normalized spacial score (nSPS) is 11.6. The molecule has 0 atom stereocenters. The van der Waals surface area contributed by atoms with E-state index in [4.69, 9.17) is 0 Å². The zero-order valence-electron chi connectivity index (χ0n) is 31.6. The van der Waals surface area contributed by atoms with E-state index in [1.165, 1.54) is 87.5 Å². The van der Waals surface area contributed by atoms with Gasteiger partial charge in [-0.25, -0.2) is 0 Å². The average molecular weight is 727 g/mol. The summed E-state index contributed by atoms with van der Waals surface area (Å²) in [4.78, 5) is 2.40. The van der Waals surface area contributed by atoms with Crippen molar-refractivity contribution >= 4 is 71.2 Å². The van der Waals surface area contributed by atoms with Crippen LogP contribution in [0.25, 0.3) is 87.5 Å². The van der Waals surface area contributed by atoms with E-state index in [0.717, 1.165) is 17.1 Å². The lowest BCUT2D eigenvalue weighted by Crippen LogP contribution is -2.10. The van der Waals surface area contributed by atoms with Gasteiger partial charge in [-0.15, -0.1) is 0 Å². The monoisotopic (exact) mass is 726 g/mol. The van der Waals surface area contributed by atoms with Gasteiger partial charge in [0, 0.05) is 45.9 Å². The lowest BCUT2D eigenvalue weighted by atomic mass is 9.86. The van der Waals surface area contributed by atoms with Crippen molar-refractivity contribution in [3.8, 4) is 33.4 Å². The quantitative estimate of drug-likeness (QED) is 0.155. The third kappa shape index (κ3) is 5.41. The molecule has 2 heteroatoms. The summed E-state index contributed by atoms with van der Waals surface area (Å²) >= 11 is 0. The molecule has 0 radical (unpaired) electrons. The van der Waals surface area contributed by atoms with Gasteiger partial charge < -0.3 is 9.47 Å². The summed E-state index contributed by atoms with van der Waals surface area (Å²) in [5.74, 6) is 0. The molecule has 0 bridgehead atoms. The Morgan fingerprint density at radius 3 is 1.40 bits per heavy atom. The molecule has 0 saturated carbocycles. The van der Waals surface area contributed by atoms with E-state index in [-0.39, 0.29) is 0 Å². The van der Waals surface area contributed by atoms with E-state index in [9.17, 15) is 0 Å². The minimum atomic E-state index is 1.10. The second kappa shape index (κ2) is 13.4. The number of hydrogen-bond acceptors (Lipinski definition) is 1. The average Bonchev–Trinajstić information content (AvgIpc) is 3.56. The summed E-state index contributed by atoms with van der Waals surface area (Å²) in [5, 5.41) is 10.1. The van der Waals surface area contributed by atoms with Crippen molar-refractivity contribution in [2.45, 2.75) is 0 Å². The van der Waals surface area contributed by atoms with Crippen LogP contribution in [0, 0.1) is 0 Å². The van der Waals surface area contributed by atoms with Gasteiger partial charge in [0.2, 0.25) is 0 Å². The Kier molecular flexibility index (Phi) is 7.75. The molecule has 10 aromatic carbocycles. The van der Waals surface area contributed by atoms with Crippen molar-refractivity contribution < 1.29 is 0 Å². The third-order valence-electron chi connectivity index (χ3n) is 11.8. The van der Waals surface area contributed by atoms with E-state index < -0.39 is 0 Å². The van der Waals surface area contributed by atoms with Gasteiger partial charge in [0.05, 0.1) is 0 Å². The highest BCUT2D eigenvalue weighted by molar-refractivity contribution is 6.21. The van der Waals surface area contributed by atoms with Gasteiger partial charge in [-0.2, -0.15) is 0 Å². The fraction of sp³-hybridized carbons (Fsp3) is 0.0182. The van der Waals surface area contributed by atoms with Crippen LogP contribution in [0.3, 0.4) is 0 Å². The highest BCUT2D eigenvalue weighted by Gasteiger charge is 2.19. The third-order valence-corrected chi connectivity index (χ3v) is 11.8. The van der Waals surface area contributed by atoms with Crippen molar-refractivity contribution in [2.75, 3.05) is 4.90 Å². The molecule has 0 aliphatic heterocycles. The summed E-state index contributed by atoms with van der Waals surface area (Å²) in [6.45, 7) is 0. The smallest absolute Gasteiger partial charge is 0.0490 e. The van der Waals surface area contributed by atoms with Crippen LogP contribution in [0.15, 0.2) is 212 Å². The van der Waals surface area contributed by atoms with Gasteiger partial charge in [-0.3, -0.25) is 0 Å². The fourth-order valence-corrected chi connectivity index (χ4v) is 9.14. The maximum absolute atomic E-state index is 2.40. The first-order valence-corrected chi connectivity index (χ1v) is 19.7. The fourth-order valence-electron chi connectivity index (χ4n) is 9.14. The minimum Gasteiger partial charge on any atom is -0.344 e. The van der Waals surface area contributed by atoms with E-state index >= 15 is 0 Å². The summed E-state index contributed by atoms with van der Waals surface area (Å²) in [6, 6.07) is 77.6. The molecule has 57 heavy (non-hydrogen) atoms. The number of anilines is 3. The SMILES string of the molecule is Cn1c2ccccc2c2cc(N(c3ccc(-c4cccc5ccccc45)cc3)c3ccc(-c4c5ccccc5c(-c5ccccc5)c5ccccc45)cc3)ccc21. The Morgan fingerprint density at radius 2 is 0.772 bits per heavy atom. The number of nitrogens with zero attached hydrogens (tertiary/aromatic N) is 2. The largest absolute Gasteiger partial charge is 0.344 e. The Labute approximate surface area is 332 Å². The van der Waals surface area contributed by atoms with E-state index in [0.29, 0.717) is 0 Å². The predicted octanol–water partition coefficient (Wildman–Crippen LogP) is 15.3. The number of benzene rings is 10. The van der Waals surface area contributed by atoms with Gasteiger partial charge in [-0.1, -0.05) is 164 Å². The van der Waals surface area contributed by atoms with Gasteiger partial charge in [0.1, 0.15) is 0 Å². The van der Waals surface area contributed by atoms with Crippen LogP contribution < -0.4 is 4.90 Å². The van der Waals surface area contributed by atoms with E-state index in [1.54, 1.807) is 0 Å². The molecule has 11 aromatic rings. The first kappa shape index (κ1) is 33.0. The molecule has 11 rings (SSSR count). The standard InChI is InChI=1S/C55H38N2/c1-56-52-25-12-11-19-46(52)51-36-43(34-35-53(51)56)57(41-30-26-38(27-31-41)45-24-13-17-37-14-5-6-18-44(37)45)42-32-28-40(29-33-42)55-49-22-9-7-20-47(49)54(39-15-3-2-4-16-39)48-21-8-10-23-50(48)55/h2-36H,1H3. The van der Waals surface area contributed by atoms with E-state index in [1.807, 2.05) is 0 Å². The van der Waals surface area contributed by atoms with Crippen molar-refractivity contribution in [3.05, 3.63) is 212 Å². The lowest BCUT2D eigenvalue weighted by Gasteiger charge is -2.26. The second-order valence-electron chi connectivity index (χ2n) is 14.9. The van der Waals surface area contributed by atoms with Crippen LogP contribution >= 0.6 is 0 Å². The molecule has 0 unspecified atom stereocenters. The molecule has 0 amide bonds. The Hall–Kier alpha value is -7.42. The number of aryl methyl sites for hydroxylation is 1. The topological polar surface area (TPSA) is 8.17 Å². The summed E-state index contributed by atoms with van der Waals surface area (Å²) in [6.07, 6.45) is 0. The zero-order valence-corrected chi connectivity index (χ0v) is 31.6. The van der Waals surface area contributed by atoms with Gasteiger partial charge in [0.15, 0.2) is 0 Å². The predicted molar refractivity (Wildman–Crippen MR) is 244 cm³/mol. The molecule has 0 N–H and O–H groups in total. The molecule has 0 saturated heterocycles. The highest BCUT2D eigenvalue weighted by atomic mass is 15.1. The molecule has 2 nitrogen and oxygen atoms in total. The lowest BCUT2D eigenvalue weighted by molar-refractivity contribution is 1.01. The molecule has 268 valence electrons. The van der Waals surface area contributed by atoms with E-state index in [2.05, 4.69) is 229 Å². The number of aromatic nitrogens is 1. The van der Waals surface area contributed by atoms with Crippen LogP contribution in [0.1, 0.15) is 0 Å². The molecule has 1 aromatic heterocycles. The Balaban J connectivity index is 1.08. The molecular formula is C55H38N2.